The van der Waals surface area contributed by atoms with Crippen molar-refractivity contribution in [1.29, 1.82) is 0 Å². The summed E-state index contributed by atoms with van der Waals surface area (Å²) in [6.45, 7) is 0. The summed E-state index contributed by atoms with van der Waals surface area (Å²) in [5.74, 6) is 0. The molecule has 0 saturated heterocycles. The molecular weight excluding hydrogens is 791 g/mol. The average Bonchev–Trinajstić information content (AvgIpc) is 3.99. The van der Waals surface area contributed by atoms with E-state index in [0.29, 0.717) is 0 Å². The smallest absolute Gasteiger partial charge is 0.0720 e. The first-order chi connectivity index (χ1) is 31.8. The molecule has 1 heterocycles. The molecule has 298 valence electrons. The molecule has 0 unspecified atom stereocenters. The van der Waals surface area contributed by atoms with Gasteiger partial charge in [0.1, 0.15) is 0 Å². The van der Waals surface area contributed by atoms with Crippen LogP contribution in [0.1, 0.15) is 44.5 Å². The number of benzene rings is 10. The molecule has 0 N–H and O–H groups in total. The van der Waals surface area contributed by atoms with Crippen LogP contribution in [0, 0.1) is 0 Å². The highest BCUT2D eigenvalue weighted by Crippen LogP contribution is 2.67. The van der Waals surface area contributed by atoms with Crippen LogP contribution >= 0.6 is 11.3 Å². The van der Waals surface area contributed by atoms with Crippen molar-refractivity contribution < 1.29 is 0 Å². The maximum absolute atomic E-state index is 2.46. The van der Waals surface area contributed by atoms with E-state index in [-0.39, 0.29) is 0 Å². The molecule has 10 aromatic carbocycles. The molecule has 3 aliphatic carbocycles. The summed E-state index contributed by atoms with van der Waals surface area (Å²) in [5.41, 5.74) is 20.8. The lowest BCUT2D eigenvalue weighted by molar-refractivity contribution is 0.633. The molecule has 64 heavy (non-hydrogen) atoms. The van der Waals surface area contributed by atoms with Crippen molar-refractivity contribution >= 4 is 48.6 Å². The van der Waals surface area contributed by atoms with E-state index in [0.717, 1.165) is 17.1 Å². The van der Waals surface area contributed by atoms with Gasteiger partial charge in [-0.1, -0.05) is 194 Å². The molecule has 0 atom stereocenters. The normalized spacial score (nSPS) is 14.2. The Bertz CT molecular complexity index is 3610. The first-order valence-electron chi connectivity index (χ1n) is 22.3. The van der Waals surface area contributed by atoms with Crippen molar-refractivity contribution in [1.82, 2.24) is 0 Å². The van der Waals surface area contributed by atoms with Crippen LogP contribution < -0.4 is 4.90 Å². The van der Waals surface area contributed by atoms with Crippen LogP contribution in [0.15, 0.2) is 237 Å². The number of para-hydroxylation sites is 1. The Balaban J connectivity index is 0.999. The zero-order valence-electron chi connectivity index (χ0n) is 34.9. The second-order valence-electron chi connectivity index (χ2n) is 17.5. The van der Waals surface area contributed by atoms with Gasteiger partial charge in [-0.3, -0.25) is 0 Å². The predicted molar refractivity (Wildman–Crippen MR) is 268 cm³/mol. The van der Waals surface area contributed by atoms with E-state index in [1.807, 2.05) is 11.3 Å². The lowest BCUT2D eigenvalue weighted by Crippen LogP contribution is -2.43. The van der Waals surface area contributed by atoms with Crippen LogP contribution in [0.3, 0.4) is 0 Å². The standard InChI is InChI=1S/C62H39NS/c1-2-19-41(20-3-1)63(42-21-16-18-40(38-42)44-26-17-27-49-48-25-7-15-35-59(48)64-60(44)49)43-36-37-54-50(39-43)47-24-6-10-30-53(47)62(54)57-33-13-11-31-55(57)61(56-32-12-14-34-58(56)62)51-28-8-4-22-45(51)46-23-5-9-29-52(46)61/h1-39H. The molecule has 3 aliphatic rings. The van der Waals surface area contributed by atoms with Crippen LogP contribution in [-0.4, -0.2) is 0 Å². The topological polar surface area (TPSA) is 3.24 Å². The van der Waals surface area contributed by atoms with Gasteiger partial charge in [-0.05, 0) is 120 Å². The number of thiophene rings is 1. The Kier molecular flexibility index (Phi) is 7.47. The van der Waals surface area contributed by atoms with Crippen molar-refractivity contribution in [2.75, 3.05) is 4.90 Å². The Hall–Kier alpha value is -7.78. The molecule has 0 bridgehead atoms. The third-order valence-electron chi connectivity index (χ3n) is 14.5. The number of rotatable bonds is 4. The Morgan fingerprint density at radius 3 is 1.34 bits per heavy atom. The van der Waals surface area contributed by atoms with E-state index in [2.05, 4.69) is 241 Å². The van der Waals surface area contributed by atoms with Crippen LogP contribution in [0.2, 0.25) is 0 Å². The first kappa shape index (κ1) is 35.8. The van der Waals surface area contributed by atoms with E-state index in [1.54, 1.807) is 0 Å². The van der Waals surface area contributed by atoms with E-state index in [9.17, 15) is 0 Å². The molecule has 1 nitrogen and oxygen atoms in total. The average molecular weight is 830 g/mol. The molecule has 1 aromatic heterocycles. The second-order valence-corrected chi connectivity index (χ2v) is 18.5. The fourth-order valence-corrected chi connectivity index (χ4v) is 13.4. The van der Waals surface area contributed by atoms with Gasteiger partial charge in [0, 0.05) is 37.2 Å². The number of fused-ring (bicyclic) bond motifs is 19. The molecule has 0 radical (unpaired) electrons. The number of hydrogen-bond donors (Lipinski definition) is 0. The summed E-state index contributed by atoms with van der Waals surface area (Å²) < 4.78 is 2.64. The summed E-state index contributed by atoms with van der Waals surface area (Å²) in [6.07, 6.45) is 0. The lowest BCUT2D eigenvalue weighted by atomic mass is 9.52. The minimum atomic E-state index is -0.532. The molecule has 0 amide bonds. The van der Waals surface area contributed by atoms with E-state index in [4.69, 9.17) is 0 Å². The predicted octanol–water partition coefficient (Wildman–Crippen LogP) is 16.2. The Labute approximate surface area is 376 Å². The zero-order valence-corrected chi connectivity index (χ0v) is 35.7. The minimum absolute atomic E-state index is 0.460. The molecule has 0 fully saturated rings. The Morgan fingerprint density at radius 2 is 0.719 bits per heavy atom. The lowest BCUT2D eigenvalue weighted by Gasteiger charge is -2.48. The molecule has 2 spiro atoms. The zero-order chi connectivity index (χ0) is 42.0. The van der Waals surface area contributed by atoms with Crippen LogP contribution in [0.5, 0.6) is 0 Å². The second kappa shape index (κ2) is 13.4. The van der Waals surface area contributed by atoms with Gasteiger partial charge >= 0.3 is 0 Å². The fraction of sp³-hybridized carbons (Fsp3) is 0.0323. The van der Waals surface area contributed by atoms with Crippen molar-refractivity contribution in [3.05, 3.63) is 281 Å². The van der Waals surface area contributed by atoms with E-state index in [1.165, 1.54) is 98.1 Å². The summed E-state index contributed by atoms with van der Waals surface area (Å²) in [7, 11) is 0. The van der Waals surface area contributed by atoms with Crippen LogP contribution in [0.4, 0.5) is 17.1 Å². The van der Waals surface area contributed by atoms with Crippen molar-refractivity contribution in [3.63, 3.8) is 0 Å². The van der Waals surface area contributed by atoms with Crippen LogP contribution in [-0.2, 0) is 10.8 Å². The van der Waals surface area contributed by atoms with Crippen molar-refractivity contribution in [3.8, 4) is 33.4 Å². The molecule has 14 rings (SSSR count). The SMILES string of the molecule is c1ccc(N(c2cccc(-c3cccc4c3sc3ccccc34)c2)c2ccc3c(c2)-c2ccccc2C32c3ccccc3C3(c4ccccc4-c4ccccc43)c3ccccc32)cc1. The summed E-state index contributed by atoms with van der Waals surface area (Å²) in [6, 6.07) is 88.9. The monoisotopic (exact) mass is 829 g/mol. The maximum atomic E-state index is 2.46. The number of nitrogens with zero attached hydrogens (tertiary/aromatic N) is 1. The van der Waals surface area contributed by atoms with Gasteiger partial charge in [0.2, 0.25) is 0 Å². The molecule has 2 heteroatoms. The maximum Gasteiger partial charge on any atom is 0.0720 e. The van der Waals surface area contributed by atoms with Crippen LogP contribution in [0.25, 0.3) is 53.6 Å². The van der Waals surface area contributed by atoms with E-state index < -0.39 is 10.8 Å². The van der Waals surface area contributed by atoms with Gasteiger partial charge in [-0.2, -0.15) is 0 Å². The molecular formula is C62H39NS. The molecule has 0 aliphatic heterocycles. The fourth-order valence-electron chi connectivity index (χ4n) is 12.2. The Morgan fingerprint density at radius 1 is 0.281 bits per heavy atom. The largest absolute Gasteiger partial charge is 0.310 e. The molecule has 11 aromatic rings. The van der Waals surface area contributed by atoms with E-state index >= 15 is 0 Å². The van der Waals surface area contributed by atoms with Gasteiger partial charge in [-0.15, -0.1) is 11.3 Å². The summed E-state index contributed by atoms with van der Waals surface area (Å²) in [5, 5.41) is 2.63. The third kappa shape index (κ3) is 4.57. The van der Waals surface area contributed by atoms with Crippen molar-refractivity contribution in [2.24, 2.45) is 0 Å². The summed E-state index contributed by atoms with van der Waals surface area (Å²) in [4.78, 5) is 2.44. The van der Waals surface area contributed by atoms with Gasteiger partial charge in [0.15, 0.2) is 0 Å². The number of anilines is 3. The summed E-state index contributed by atoms with van der Waals surface area (Å²) >= 11 is 1.88. The molecule has 0 saturated carbocycles. The van der Waals surface area contributed by atoms with Crippen molar-refractivity contribution in [2.45, 2.75) is 10.8 Å². The first-order valence-corrected chi connectivity index (χ1v) is 23.1. The van der Waals surface area contributed by atoms with Gasteiger partial charge in [0.25, 0.3) is 0 Å². The third-order valence-corrected chi connectivity index (χ3v) is 15.8. The quantitative estimate of drug-likeness (QED) is 0.171. The minimum Gasteiger partial charge on any atom is -0.310 e. The highest BCUT2D eigenvalue weighted by molar-refractivity contribution is 7.26. The van der Waals surface area contributed by atoms with Gasteiger partial charge in [0.05, 0.1) is 10.8 Å². The van der Waals surface area contributed by atoms with Gasteiger partial charge in [-0.25, -0.2) is 0 Å². The highest BCUT2D eigenvalue weighted by atomic mass is 32.1. The van der Waals surface area contributed by atoms with Gasteiger partial charge < -0.3 is 4.90 Å². The number of hydrogen-bond acceptors (Lipinski definition) is 2. The highest BCUT2D eigenvalue weighted by Gasteiger charge is 2.58.